The normalized spacial score (nSPS) is 20.7. The lowest BCUT2D eigenvalue weighted by atomic mass is 9.89. The fourth-order valence-electron chi connectivity index (χ4n) is 5.48. The molecule has 2 amide bonds. The number of alkyl halides is 3. The van der Waals surface area contributed by atoms with E-state index in [-0.39, 0.29) is 30.4 Å². The fraction of sp³-hybridized carbons (Fsp3) is 0.393. The first-order valence-corrected chi connectivity index (χ1v) is 12.5. The van der Waals surface area contributed by atoms with Crippen LogP contribution in [0, 0.1) is 11.3 Å². The van der Waals surface area contributed by atoms with Gasteiger partial charge < -0.3 is 15.0 Å². The van der Waals surface area contributed by atoms with Crippen LogP contribution in [0.4, 0.5) is 23.7 Å². The number of nitrogens with one attached hydrogen (secondary N) is 1. The van der Waals surface area contributed by atoms with Gasteiger partial charge in [0.2, 0.25) is 0 Å². The molecule has 1 fully saturated rings. The van der Waals surface area contributed by atoms with Crippen LogP contribution in [0.1, 0.15) is 54.0 Å². The molecule has 2 heterocycles. The van der Waals surface area contributed by atoms with Crippen LogP contribution in [0.3, 0.4) is 0 Å². The van der Waals surface area contributed by atoms with Gasteiger partial charge in [0.1, 0.15) is 0 Å². The first-order valence-electron chi connectivity index (χ1n) is 12.5. The van der Waals surface area contributed by atoms with Crippen molar-refractivity contribution in [2.75, 3.05) is 25.2 Å². The lowest BCUT2D eigenvalue weighted by Gasteiger charge is -2.41. The Morgan fingerprint density at radius 3 is 2.58 bits per heavy atom. The molecule has 198 valence electrons. The van der Waals surface area contributed by atoms with Crippen LogP contribution in [0.25, 0.3) is 0 Å². The van der Waals surface area contributed by atoms with Gasteiger partial charge in [0.25, 0.3) is 0 Å². The number of carbonyl (C=O) groups excluding carboxylic acids is 2. The summed E-state index contributed by atoms with van der Waals surface area (Å²) in [4.78, 5) is 29.5. The van der Waals surface area contributed by atoms with Crippen molar-refractivity contribution in [3.63, 3.8) is 0 Å². The van der Waals surface area contributed by atoms with Gasteiger partial charge in [-0.1, -0.05) is 12.1 Å². The highest BCUT2D eigenvalue weighted by atomic mass is 19.4. The molecule has 2 aromatic carbocycles. The largest absolute Gasteiger partial charge is 0.416 e. The van der Waals surface area contributed by atoms with E-state index >= 15 is 0 Å². The predicted octanol–water partition coefficient (Wildman–Crippen LogP) is 5.08. The minimum absolute atomic E-state index is 0.0681. The van der Waals surface area contributed by atoms with Crippen molar-refractivity contribution in [2.24, 2.45) is 0 Å². The Bertz CT molecular complexity index is 1340. The molecule has 2 aromatic rings. The van der Waals surface area contributed by atoms with E-state index in [2.05, 4.69) is 11.4 Å². The zero-order chi connectivity index (χ0) is 27.0. The quantitative estimate of drug-likeness (QED) is 0.590. The molecule has 1 N–H and O–H groups in total. The van der Waals surface area contributed by atoms with Crippen LogP contribution in [0.5, 0.6) is 0 Å². The SMILES string of the molecule is CN1C(=O)N(c2cccc(C(F)(F)F)c2)C2=C(C(=O)CC2)[C@H]1c1ccc(C#N)cc1CNC1CCOCC1. The van der Waals surface area contributed by atoms with Crippen molar-refractivity contribution in [1.82, 2.24) is 10.2 Å². The number of amides is 2. The van der Waals surface area contributed by atoms with Gasteiger partial charge in [0.15, 0.2) is 5.78 Å². The standard InChI is InChI=1S/C28H27F3N4O3/c1-34-26(22-6-5-17(15-32)13-18(22)16-33-20-9-11-38-12-10-20)25-23(7-8-24(25)36)35(27(34)37)21-4-2-3-19(14-21)28(29,30)31/h2-6,13-14,20,26,33H,7-12,16H2,1H3/t26-/m1/s1. The highest BCUT2D eigenvalue weighted by molar-refractivity contribution is 6.08. The maximum Gasteiger partial charge on any atom is 0.416 e. The molecule has 1 atom stereocenters. The lowest BCUT2D eigenvalue weighted by molar-refractivity contribution is -0.137. The van der Waals surface area contributed by atoms with E-state index in [1.165, 1.54) is 21.9 Å². The Kier molecular flexibility index (Phi) is 6.99. The average molecular weight is 525 g/mol. The van der Waals surface area contributed by atoms with E-state index in [0.29, 0.717) is 42.2 Å². The minimum Gasteiger partial charge on any atom is -0.381 e. The number of ketones is 1. The molecule has 10 heteroatoms. The van der Waals surface area contributed by atoms with Crippen LogP contribution in [-0.2, 0) is 22.3 Å². The Labute approximate surface area is 218 Å². The molecule has 5 rings (SSSR count). The smallest absolute Gasteiger partial charge is 0.381 e. The lowest BCUT2D eigenvalue weighted by Crippen LogP contribution is -2.48. The Morgan fingerprint density at radius 2 is 1.87 bits per heavy atom. The van der Waals surface area contributed by atoms with Crippen LogP contribution < -0.4 is 10.2 Å². The third-order valence-electron chi connectivity index (χ3n) is 7.42. The summed E-state index contributed by atoms with van der Waals surface area (Å²) in [6.07, 6.45) is -2.43. The number of likely N-dealkylation sites (N-methyl/N-ethyl adjacent to an activating group) is 1. The number of benzene rings is 2. The molecule has 0 radical (unpaired) electrons. The van der Waals surface area contributed by atoms with Crippen LogP contribution in [0.2, 0.25) is 0 Å². The zero-order valence-electron chi connectivity index (χ0n) is 20.8. The number of allylic oxidation sites excluding steroid dienone is 1. The Morgan fingerprint density at radius 1 is 1.11 bits per heavy atom. The van der Waals surface area contributed by atoms with E-state index < -0.39 is 23.8 Å². The van der Waals surface area contributed by atoms with Gasteiger partial charge in [0, 0.05) is 50.5 Å². The number of carbonyl (C=O) groups is 2. The highest BCUT2D eigenvalue weighted by Crippen LogP contribution is 2.45. The number of ether oxygens (including phenoxy) is 1. The van der Waals surface area contributed by atoms with Crippen LogP contribution >= 0.6 is 0 Å². The number of nitrogens with zero attached hydrogens (tertiary/aromatic N) is 3. The summed E-state index contributed by atoms with van der Waals surface area (Å²) in [6.45, 7) is 1.76. The van der Waals surface area contributed by atoms with E-state index in [1.54, 1.807) is 25.2 Å². The number of anilines is 1. The maximum absolute atomic E-state index is 13.7. The van der Waals surface area contributed by atoms with Crippen molar-refractivity contribution < 1.29 is 27.5 Å². The topological polar surface area (TPSA) is 85.7 Å². The Balaban J connectivity index is 1.57. The van der Waals surface area contributed by atoms with Gasteiger partial charge in [-0.25, -0.2) is 4.79 Å². The van der Waals surface area contributed by atoms with Gasteiger partial charge in [0.05, 0.1) is 28.9 Å². The number of rotatable bonds is 5. The van der Waals surface area contributed by atoms with Crippen molar-refractivity contribution in [2.45, 2.75) is 50.5 Å². The molecule has 3 aliphatic rings. The van der Waals surface area contributed by atoms with Crippen LogP contribution in [0.15, 0.2) is 53.7 Å². The molecule has 2 aliphatic heterocycles. The molecule has 0 unspecified atom stereocenters. The Hall–Kier alpha value is -3.68. The zero-order valence-corrected chi connectivity index (χ0v) is 20.8. The number of nitriles is 1. The van der Waals surface area contributed by atoms with Crippen molar-refractivity contribution in [3.05, 3.63) is 76.0 Å². The van der Waals surface area contributed by atoms with Crippen molar-refractivity contribution in [3.8, 4) is 6.07 Å². The second-order valence-corrected chi connectivity index (χ2v) is 9.76. The van der Waals surface area contributed by atoms with E-state index in [9.17, 15) is 28.0 Å². The average Bonchev–Trinajstić information content (AvgIpc) is 3.29. The maximum atomic E-state index is 13.7. The van der Waals surface area contributed by atoms with E-state index in [1.807, 2.05) is 0 Å². The molecule has 0 spiro atoms. The molecule has 1 aliphatic carbocycles. The molecular formula is C28H27F3N4O3. The molecule has 0 aromatic heterocycles. The van der Waals surface area contributed by atoms with Gasteiger partial charge in [-0.05, 0) is 60.7 Å². The minimum atomic E-state index is -4.57. The van der Waals surface area contributed by atoms with E-state index in [4.69, 9.17) is 4.74 Å². The third-order valence-corrected chi connectivity index (χ3v) is 7.42. The summed E-state index contributed by atoms with van der Waals surface area (Å²) in [5, 5.41) is 13.0. The molecule has 0 saturated carbocycles. The monoisotopic (exact) mass is 524 g/mol. The van der Waals surface area contributed by atoms with Gasteiger partial charge in [-0.15, -0.1) is 0 Å². The summed E-state index contributed by atoms with van der Waals surface area (Å²) >= 11 is 0. The van der Waals surface area contributed by atoms with Crippen molar-refractivity contribution in [1.29, 1.82) is 5.26 Å². The summed E-state index contributed by atoms with van der Waals surface area (Å²) < 4.78 is 45.7. The third kappa shape index (κ3) is 4.79. The summed E-state index contributed by atoms with van der Waals surface area (Å²) in [5.41, 5.74) is 1.99. The molecular weight excluding hydrogens is 497 g/mol. The number of urea groups is 1. The fourth-order valence-corrected chi connectivity index (χ4v) is 5.48. The second kappa shape index (κ2) is 10.2. The number of Topliss-reactive ketones (excluding diaryl/α,β-unsaturated/α-hetero) is 1. The van der Waals surface area contributed by atoms with Gasteiger partial charge in [-0.3, -0.25) is 9.69 Å². The van der Waals surface area contributed by atoms with Gasteiger partial charge >= 0.3 is 12.2 Å². The molecule has 1 saturated heterocycles. The molecule has 0 bridgehead atoms. The van der Waals surface area contributed by atoms with Crippen LogP contribution in [-0.4, -0.2) is 43.0 Å². The summed E-state index contributed by atoms with van der Waals surface area (Å²) in [6, 6.07) is 10.9. The number of halogens is 3. The van der Waals surface area contributed by atoms with Crippen molar-refractivity contribution >= 4 is 17.5 Å². The number of hydrogen-bond acceptors (Lipinski definition) is 5. The molecule has 38 heavy (non-hydrogen) atoms. The number of hydrogen-bond donors (Lipinski definition) is 1. The second-order valence-electron chi connectivity index (χ2n) is 9.76. The first kappa shape index (κ1) is 25.9. The predicted molar refractivity (Wildman–Crippen MR) is 133 cm³/mol. The van der Waals surface area contributed by atoms with Gasteiger partial charge in [-0.2, -0.15) is 18.4 Å². The highest BCUT2D eigenvalue weighted by Gasteiger charge is 2.45. The molecule has 7 nitrogen and oxygen atoms in total. The summed E-state index contributed by atoms with van der Waals surface area (Å²) in [7, 11) is 1.55. The van der Waals surface area contributed by atoms with E-state index in [0.717, 1.165) is 30.5 Å². The first-order chi connectivity index (χ1) is 18.2. The summed E-state index contributed by atoms with van der Waals surface area (Å²) in [5.74, 6) is -0.144.